The average molecular weight is 471 g/mol. The molecule has 0 saturated carbocycles. The highest BCUT2D eigenvalue weighted by Gasteiger charge is 2.19. The van der Waals surface area contributed by atoms with Crippen LogP contribution in [0.3, 0.4) is 0 Å². The highest BCUT2D eigenvalue weighted by atomic mass is 32.2. The van der Waals surface area contributed by atoms with Crippen molar-refractivity contribution in [3.8, 4) is 17.3 Å². The van der Waals surface area contributed by atoms with Gasteiger partial charge in [-0.05, 0) is 60.5 Å². The first-order chi connectivity index (χ1) is 16.7. The van der Waals surface area contributed by atoms with Crippen molar-refractivity contribution in [3.05, 3.63) is 108 Å². The molecule has 1 amide bonds. The van der Waals surface area contributed by atoms with E-state index in [-0.39, 0.29) is 5.91 Å². The average Bonchev–Trinajstić information content (AvgIpc) is 3.63. The number of thioether (sulfide) groups is 1. The van der Waals surface area contributed by atoms with E-state index in [0.29, 0.717) is 40.4 Å². The molecular formula is C26H22N4O3S. The number of nitrogens with zero attached hydrogens (tertiary/aromatic N) is 3. The lowest BCUT2D eigenvalue weighted by Gasteiger charge is -2.12. The Morgan fingerprint density at radius 3 is 2.62 bits per heavy atom. The summed E-state index contributed by atoms with van der Waals surface area (Å²) in [6.45, 7) is 2.38. The molecule has 0 radical (unpaired) electrons. The molecule has 2 aromatic carbocycles. The molecule has 0 spiro atoms. The summed E-state index contributed by atoms with van der Waals surface area (Å²) in [5.41, 5.74) is 3.60. The summed E-state index contributed by atoms with van der Waals surface area (Å²) in [4.78, 5) is 12.8. The monoisotopic (exact) mass is 470 g/mol. The molecule has 7 nitrogen and oxygen atoms in total. The summed E-state index contributed by atoms with van der Waals surface area (Å²) >= 11 is 1.52. The molecule has 0 aliphatic carbocycles. The number of nitrogens with one attached hydrogen (secondary N) is 1. The zero-order valence-electron chi connectivity index (χ0n) is 18.5. The van der Waals surface area contributed by atoms with E-state index < -0.39 is 0 Å². The number of aryl methyl sites for hydroxylation is 1. The molecule has 34 heavy (non-hydrogen) atoms. The van der Waals surface area contributed by atoms with E-state index in [1.54, 1.807) is 18.6 Å². The Hall–Kier alpha value is -4.04. The van der Waals surface area contributed by atoms with E-state index in [1.807, 2.05) is 72.2 Å². The van der Waals surface area contributed by atoms with Gasteiger partial charge in [0.2, 0.25) is 5.82 Å². The van der Waals surface area contributed by atoms with Gasteiger partial charge in [-0.25, -0.2) is 0 Å². The standard InChI is InChI=1S/C26H22N4O3S/c1-18-7-4-9-20(15-18)30-24(23-12-6-14-33-23)28-29-26(30)34-17-19-8-2-3-11-22(19)25(31)27-16-21-10-5-13-32-21/h2-15H,16-17H2,1H3,(H,27,31). The van der Waals surface area contributed by atoms with Crippen LogP contribution in [0.15, 0.2) is 99.3 Å². The maximum Gasteiger partial charge on any atom is 0.251 e. The van der Waals surface area contributed by atoms with E-state index in [4.69, 9.17) is 8.83 Å². The second-order valence-corrected chi connectivity index (χ2v) is 8.61. The Bertz CT molecular complexity index is 1390. The molecule has 0 saturated heterocycles. The van der Waals surface area contributed by atoms with Crippen LogP contribution < -0.4 is 5.32 Å². The van der Waals surface area contributed by atoms with Crippen molar-refractivity contribution >= 4 is 17.7 Å². The van der Waals surface area contributed by atoms with Crippen LogP contribution in [0.2, 0.25) is 0 Å². The summed E-state index contributed by atoms with van der Waals surface area (Å²) in [6, 6.07) is 23.0. The molecule has 3 heterocycles. The first kappa shape index (κ1) is 21.8. The lowest BCUT2D eigenvalue weighted by Crippen LogP contribution is -2.23. The first-order valence-corrected chi connectivity index (χ1v) is 11.8. The number of hydrogen-bond acceptors (Lipinski definition) is 6. The number of amides is 1. The number of rotatable bonds is 8. The van der Waals surface area contributed by atoms with Gasteiger partial charge in [0.05, 0.1) is 24.8 Å². The van der Waals surface area contributed by atoms with Crippen LogP contribution in [0.4, 0.5) is 0 Å². The zero-order chi connectivity index (χ0) is 23.3. The third-order valence-corrected chi connectivity index (χ3v) is 6.23. The lowest BCUT2D eigenvalue weighted by atomic mass is 10.1. The zero-order valence-corrected chi connectivity index (χ0v) is 19.3. The molecule has 5 rings (SSSR count). The maximum atomic E-state index is 12.8. The predicted octanol–water partition coefficient (Wildman–Crippen LogP) is 5.65. The van der Waals surface area contributed by atoms with Gasteiger partial charge in [0.1, 0.15) is 5.76 Å². The van der Waals surface area contributed by atoms with Crippen LogP contribution >= 0.6 is 11.8 Å². The fraction of sp³-hybridized carbons (Fsp3) is 0.115. The fourth-order valence-corrected chi connectivity index (χ4v) is 4.57. The number of carbonyl (C=O) groups excluding carboxylic acids is 1. The summed E-state index contributed by atoms with van der Waals surface area (Å²) in [5, 5.41) is 12.5. The Kier molecular flexibility index (Phi) is 6.31. The highest BCUT2D eigenvalue weighted by Crippen LogP contribution is 2.31. The molecule has 0 aliphatic heterocycles. The van der Waals surface area contributed by atoms with Gasteiger partial charge in [-0.15, -0.1) is 10.2 Å². The first-order valence-electron chi connectivity index (χ1n) is 10.8. The second kappa shape index (κ2) is 9.84. The minimum absolute atomic E-state index is 0.149. The van der Waals surface area contributed by atoms with Gasteiger partial charge in [-0.3, -0.25) is 9.36 Å². The van der Waals surface area contributed by atoms with Crippen LogP contribution in [0, 0.1) is 6.92 Å². The number of hydrogen-bond donors (Lipinski definition) is 1. The summed E-state index contributed by atoms with van der Waals surface area (Å²) in [7, 11) is 0. The van der Waals surface area contributed by atoms with Crippen molar-refractivity contribution in [2.75, 3.05) is 0 Å². The van der Waals surface area contributed by atoms with Gasteiger partial charge < -0.3 is 14.2 Å². The normalized spacial score (nSPS) is 11.0. The molecular weight excluding hydrogens is 448 g/mol. The van der Waals surface area contributed by atoms with Gasteiger partial charge >= 0.3 is 0 Å². The maximum absolute atomic E-state index is 12.8. The highest BCUT2D eigenvalue weighted by molar-refractivity contribution is 7.98. The van der Waals surface area contributed by atoms with E-state index in [9.17, 15) is 4.79 Å². The predicted molar refractivity (Wildman–Crippen MR) is 130 cm³/mol. The van der Waals surface area contributed by atoms with E-state index in [1.165, 1.54) is 11.8 Å². The Morgan fingerprint density at radius 2 is 1.82 bits per heavy atom. The molecule has 170 valence electrons. The Balaban J connectivity index is 1.40. The molecule has 3 aromatic heterocycles. The topological polar surface area (TPSA) is 86.1 Å². The summed E-state index contributed by atoms with van der Waals surface area (Å²) < 4.78 is 12.9. The fourth-order valence-electron chi connectivity index (χ4n) is 3.61. The van der Waals surface area contributed by atoms with Gasteiger partial charge in [0.15, 0.2) is 10.9 Å². The van der Waals surface area contributed by atoms with Crippen molar-refractivity contribution in [1.82, 2.24) is 20.1 Å². The van der Waals surface area contributed by atoms with Crippen LogP contribution in [-0.4, -0.2) is 20.7 Å². The lowest BCUT2D eigenvalue weighted by molar-refractivity contribution is 0.0947. The minimum Gasteiger partial charge on any atom is -0.467 e. The molecule has 0 unspecified atom stereocenters. The molecule has 0 bridgehead atoms. The van der Waals surface area contributed by atoms with Crippen LogP contribution in [0.1, 0.15) is 27.2 Å². The largest absolute Gasteiger partial charge is 0.467 e. The van der Waals surface area contributed by atoms with E-state index in [0.717, 1.165) is 16.8 Å². The third kappa shape index (κ3) is 4.67. The molecule has 0 aliphatic rings. The number of aromatic nitrogens is 3. The molecule has 5 aromatic rings. The SMILES string of the molecule is Cc1cccc(-n2c(SCc3ccccc3C(=O)NCc3ccco3)nnc2-c2ccco2)c1. The van der Waals surface area contributed by atoms with Gasteiger partial charge in [0, 0.05) is 11.3 Å². The van der Waals surface area contributed by atoms with Gasteiger partial charge in [-0.2, -0.15) is 0 Å². The number of benzene rings is 2. The van der Waals surface area contributed by atoms with Crippen LogP contribution in [0.5, 0.6) is 0 Å². The number of carbonyl (C=O) groups is 1. The smallest absolute Gasteiger partial charge is 0.251 e. The molecule has 1 N–H and O–H groups in total. The second-order valence-electron chi connectivity index (χ2n) is 7.67. The van der Waals surface area contributed by atoms with E-state index in [2.05, 4.69) is 21.6 Å². The summed E-state index contributed by atoms with van der Waals surface area (Å²) in [6.07, 6.45) is 3.21. The minimum atomic E-state index is -0.149. The van der Waals surface area contributed by atoms with Crippen molar-refractivity contribution in [2.24, 2.45) is 0 Å². The van der Waals surface area contributed by atoms with Crippen LogP contribution in [0.25, 0.3) is 17.3 Å². The number of furan rings is 2. The van der Waals surface area contributed by atoms with Crippen molar-refractivity contribution in [2.45, 2.75) is 24.4 Å². The van der Waals surface area contributed by atoms with Crippen molar-refractivity contribution in [1.29, 1.82) is 0 Å². The summed E-state index contributed by atoms with van der Waals surface area (Å²) in [5.74, 6) is 2.37. The quantitative estimate of drug-likeness (QED) is 0.295. The Labute approximate surface area is 200 Å². The molecule has 0 atom stereocenters. The van der Waals surface area contributed by atoms with Gasteiger partial charge in [-0.1, -0.05) is 42.1 Å². The van der Waals surface area contributed by atoms with Crippen molar-refractivity contribution in [3.63, 3.8) is 0 Å². The molecule has 0 fully saturated rings. The van der Waals surface area contributed by atoms with Crippen molar-refractivity contribution < 1.29 is 13.6 Å². The van der Waals surface area contributed by atoms with E-state index >= 15 is 0 Å². The van der Waals surface area contributed by atoms with Gasteiger partial charge in [0.25, 0.3) is 5.91 Å². The molecule has 8 heteroatoms. The Morgan fingerprint density at radius 1 is 0.971 bits per heavy atom. The third-order valence-electron chi connectivity index (χ3n) is 5.26. The van der Waals surface area contributed by atoms with Crippen LogP contribution in [-0.2, 0) is 12.3 Å².